The normalized spacial score (nSPS) is 13.6. The largest absolute Gasteiger partial charge is 0.511 e. The minimum Gasteiger partial charge on any atom is -0.443 e. The van der Waals surface area contributed by atoms with Gasteiger partial charge in [-0.25, -0.2) is 19.1 Å². The highest BCUT2D eigenvalue weighted by Crippen LogP contribution is 2.43. The molecule has 13 nitrogen and oxygen atoms in total. The van der Waals surface area contributed by atoms with E-state index in [-0.39, 0.29) is 29.6 Å². The van der Waals surface area contributed by atoms with Crippen molar-refractivity contribution in [2.75, 3.05) is 10.6 Å². The maximum atomic E-state index is 14.1. The fraction of sp³-hybridized carbons (Fsp3) is 0.259. The number of esters is 1. The van der Waals surface area contributed by atoms with Crippen LogP contribution in [0.3, 0.4) is 0 Å². The Kier molecular flexibility index (Phi) is 13.8. The molecule has 1 aliphatic rings. The van der Waals surface area contributed by atoms with E-state index in [0.717, 1.165) is 65.5 Å². The summed E-state index contributed by atoms with van der Waals surface area (Å²) >= 11 is 0. The number of hydrogen-bond donors (Lipinski definition) is 1. The monoisotopic (exact) mass is 898 g/mol. The average Bonchev–Trinajstić information content (AvgIpc) is 3.82. The lowest BCUT2D eigenvalue weighted by Gasteiger charge is -2.36. The average molecular weight is 899 g/mol. The predicted molar refractivity (Wildman–Crippen MR) is 256 cm³/mol. The summed E-state index contributed by atoms with van der Waals surface area (Å²) in [6, 6.07) is 51.0. The number of amides is 1. The molecule has 0 aliphatic heterocycles. The van der Waals surface area contributed by atoms with E-state index in [0.29, 0.717) is 11.4 Å². The first kappa shape index (κ1) is 45.8. The molecular formula is C54H54N6O7. The molecule has 1 amide bonds. The Morgan fingerprint density at radius 1 is 0.701 bits per heavy atom. The van der Waals surface area contributed by atoms with Crippen molar-refractivity contribution in [2.24, 2.45) is 0 Å². The van der Waals surface area contributed by atoms with Crippen LogP contribution in [0.15, 0.2) is 158 Å². The van der Waals surface area contributed by atoms with E-state index in [9.17, 15) is 14.4 Å². The van der Waals surface area contributed by atoms with Gasteiger partial charge in [-0.2, -0.15) is 0 Å². The van der Waals surface area contributed by atoms with Crippen molar-refractivity contribution >= 4 is 29.6 Å². The maximum absolute atomic E-state index is 14.1. The molecule has 1 heterocycles. The Balaban J connectivity index is 1.12. The highest BCUT2D eigenvalue weighted by molar-refractivity contribution is 6.04. The molecule has 8 rings (SSSR count). The van der Waals surface area contributed by atoms with Crippen LogP contribution < -0.4 is 10.6 Å². The first-order valence-electron chi connectivity index (χ1n) is 22.5. The van der Waals surface area contributed by atoms with Gasteiger partial charge >= 0.3 is 18.2 Å². The summed E-state index contributed by atoms with van der Waals surface area (Å²) < 4.78 is 24.1. The van der Waals surface area contributed by atoms with Gasteiger partial charge in [-0.3, -0.25) is 4.90 Å². The third-order valence-corrected chi connectivity index (χ3v) is 11.7. The number of aromatic nitrogens is 4. The fourth-order valence-corrected chi connectivity index (χ4v) is 8.69. The molecule has 67 heavy (non-hydrogen) atoms. The lowest BCUT2D eigenvalue weighted by Crippen LogP contribution is -2.39. The standard InChI is InChI=1S/C54H54N6O7/c1-37(65-52(63)66-43-26-15-8-16-27-43)64-50(61)46-30-19-31-47(55)48(46)59(51(62)67-53(2,3)4)36-38-32-34-39(35-33-38)44-28-17-18-29-45(44)49-56-57-58-60(49)54(40-20-9-5-10-21-40,41-22-11-6-12-23-41)42-24-13-7-14-25-42/h5-7,9-14,17-25,28-35,37,43H,8,15-16,26-27,36,55H2,1-4H3. The Bertz CT molecular complexity index is 2690. The van der Waals surface area contributed by atoms with Gasteiger partial charge in [0.25, 0.3) is 0 Å². The Hall–Kier alpha value is -7.80. The molecule has 6 aromatic carbocycles. The number of carbonyl (C=O) groups is 3. The van der Waals surface area contributed by atoms with Crippen LogP contribution in [0, 0.1) is 0 Å². The number of nitrogens with zero attached hydrogens (tertiary/aromatic N) is 5. The number of rotatable bonds is 13. The highest BCUT2D eigenvalue weighted by Gasteiger charge is 2.42. The summed E-state index contributed by atoms with van der Waals surface area (Å²) in [4.78, 5) is 41.8. The van der Waals surface area contributed by atoms with Crippen LogP contribution in [0.25, 0.3) is 22.5 Å². The van der Waals surface area contributed by atoms with Crippen molar-refractivity contribution in [2.45, 2.75) is 89.9 Å². The van der Waals surface area contributed by atoms with Crippen LogP contribution >= 0.6 is 0 Å². The lowest BCUT2D eigenvalue weighted by molar-refractivity contribution is -0.0914. The lowest BCUT2D eigenvalue weighted by atomic mass is 9.77. The van der Waals surface area contributed by atoms with E-state index >= 15 is 0 Å². The molecule has 342 valence electrons. The molecule has 1 atom stereocenters. The Morgan fingerprint density at radius 3 is 1.85 bits per heavy atom. The SMILES string of the molecule is CC(OC(=O)OC1CCCCC1)OC(=O)c1cccc(N)c1N(Cc1ccc(-c2ccccc2-c2nnnn2C(c2ccccc2)(c2ccccc2)c2ccccc2)cc1)C(=O)OC(C)(C)C. The van der Waals surface area contributed by atoms with E-state index < -0.39 is 35.6 Å². The second-order valence-electron chi connectivity index (χ2n) is 17.5. The van der Waals surface area contributed by atoms with Gasteiger partial charge in [0.05, 0.1) is 23.5 Å². The number of ether oxygens (including phenoxy) is 4. The molecular weight excluding hydrogens is 845 g/mol. The summed E-state index contributed by atoms with van der Waals surface area (Å²) in [6.45, 7) is 6.65. The third-order valence-electron chi connectivity index (χ3n) is 11.7. The van der Waals surface area contributed by atoms with Crippen LogP contribution in [0.2, 0.25) is 0 Å². The summed E-state index contributed by atoms with van der Waals surface area (Å²) in [6.07, 6.45) is 1.37. The van der Waals surface area contributed by atoms with Gasteiger partial charge in [0, 0.05) is 12.5 Å². The topological polar surface area (TPSA) is 161 Å². The minimum absolute atomic E-state index is 0.0252. The number of nitrogen functional groups attached to an aromatic ring is 1. The number of para-hydroxylation sites is 1. The highest BCUT2D eigenvalue weighted by atomic mass is 16.8. The zero-order chi connectivity index (χ0) is 47.0. The van der Waals surface area contributed by atoms with Gasteiger partial charge in [0.15, 0.2) is 5.82 Å². The first-order chi connectivity index (χ1) is 32.4. The minimum atomic E-state index is -1.29. The molecule has 1 unspecified atom stereocenters. The molecule has 1 saturated carbocycles. The van der Waals surface area contributed by atoms with Crippen LogP contribution in [-0.2, 0) is 31.0 Å². The van der Waals surface area contributed by atoms with E-state index in [1.165, 1.54) is 17.9 Å². The molecule has 0 radical (unpaired) electrons. The Morgan fingerprint density at radius 2 is 1.27 bits per heavy atom. The number of carbonyl (C=O) groups excluding carboxylic acids is 3. The second-order valence-corrected chi connectivity index (χ2v) is 17.5. The third kappa shape index (κ3) is 10.2. The number of nitrogens with two attached hydrogens (primary N) is 1. The second kappa shape index (κ2) is 20.2. The van der Waals surface area contributed by atoms with Crippen LogP contribution in [0.4, 0.5) is 21.0 Å². The molecule has 1 fully saturated rings. The van der Waals surface area contributed by atoms with E-state index in [2.05, 4.69) is 41.6 Å². The fourth-order valence-electron chi connectivity index (χ4n) is 8.69. The molecule has 13 heteroatoms. The summed E-state index contributed by atoms with van der Waals surface area (Å²) in [5, 5.41) is 13.8. The number of anilines is 2. The predicted octanol–water partition coefficient (Wildman–Crippen LogP) is 11.4. The molecule has 0 bridgehead atoms. The number of hydrogen-bond acceptors (Lipinski definition) is 11. The molecule has 1 aromatic heterocycles. The molecule has 0 saturated heterocycles. The van der Waals surface area contributed by atoms with Gasteiger partial charge in [0.1, 0.15) is 17.2 Å². The number of benzene rings is 6. The van der Waals surface area contributed by atoms with Crippen molar-refractivity contribution in [1.29, 1.82) is 0 Å². The van der Waals surface area contributed by atoms with Crippen LogP contribution in [-0.4, -0.2) is 56.4 Å². The number of tetrazole rings is 1. The van der Waals surface area contributed by atoms with Gasteiger partial charge in [-0.1, -0.05) is 152 Å². The molecule has 0 spiro atoms. The maximum Gasteiger partial charge on any atom is 0.511 e. The summed E-state index contributed by atoms with van der Waals surface area (Å²) in [5.74, 6) is -0.314. The Labute approximate surface area is 390 Å². The zero-order valence-electron chi connectivity index (χ0n) is 38.1. The van der Waals surface area contributed by atoms with E-state index in [4.69, 9.17) is 35.0 Å². The van der Waals surface area contributed by atoms with Crippen molar-refractivity contribution in [3.63, 3.8) is 0 Å². The molecule has 7 aromatic rings. The summed E-state index contributed by atoms with van der Waals surface area (Å²) in [5.41, 5.74) is 11.1. The van der Waals surface area contributed by atoms with Crippen molar-refractivity contribution in [1.82, 2.24) is 20.2 Å². The molecule has 1 aliphatic carbocycles. The van der Waals surface area contributed by atoms with Gasteiger partial charge in [-0.15, -0.1) is 5.10 Å². The zero-order valence-corrected chi connectivity index (χ0v) is 38.1. The molecule has 2 N–H and O–H groups in total. The van der Waals surface area contributed by atoms with E-state index in [1.54, 1.807) is 32.9 Å². The van der Waals surface area contributed by atoms with Crippen LogP contribution in [0.1, 0.15) is 92.4 Å². The van der Waals surface area contributed by atoms with Gasteiger partial charge in [0.2, 0.25) is 6.29 Å². The smallest absolute Gasteiger partial charge is 0.443 e. The van der Waals surface area contributed by atoms with Crippen LogP contribution in [0.5, 0.6) is 0 Å². The van der Waals surface area contributed by atoms with Gasteiger partial charge in [-0.05, 0) is 102 Å². The quantitative estimate of drug-likeness (QED) is 0.0385. The summed E-state index contributed by atoms with van der Waals surface area (Å²) in [7, 11) is 0. The van der Waals surface area contributed by atoms with Crippen molar-refractivity contribution in [3.05, 3.63) is 186 Å². The van der Waals surface area contributed by atoms with Crippen molar-refractivity contribution in [3.8, 4) is 22.5 Å². The van der Waals surface area contributed by atoms with Crippen molar-refractivity contribution < 1.29 is 33.3 Å². The first-order valence-corrected chi connectivity index (χ1v) is 22.5. The van der Waals surface area contributed by atoms with E-state index in [1.807, 2.05) is 108 Å². The van der Waals surface area contributed by atoms with Gasteiger partial charge < -0.3 is 24.7 Å².